The van der Waals surface area contributed by atoms with Gasteiger partial charge in [0, 0.05) is 24.0 Å². The molecule has 1 aromatic carbocycles. The van der Waals surface area contributed by atoms with Crippen LogP contribution >= 0.6 is 0 Å². The molecule has 1 unspecified atom stereocenters. The normalized spacial score (nSPS) is 12.4. The van der Waals surface area contributed by atoms with Crippen LogP contribution in [0.1, 0.15) is 24.1 Å². The number of hydrogen-bond donors (Lipinski definition) is 1. The molecule has 0 saturated carbocycles. The molecule has 0 spiro atoms. The summed E-state index contributed by atoms with van der Waals surface area (Å²) in [6.07, 6.45) is 4.28. The molecule has 0 saturated heterocycles. The monoisotopic (exact) mass is 262 g/mol. The van der Waals surface area contributed by atoms with Crippen molar-refractivity contribution in [3.63, 3.8) is 0 Å². The second-order valence-electron chi connectivity index (χ2n) is 4.42. The zero-order valence-corrected chi connectivity index (χ0v) is 10.7. The van der Waals surface area contributed by atoms with E-state index in [1.54, 1.807) is 19.3 Å². The van der Waals surface area contributed by atoms with Gasteiger partial charge in [0.1, 0.15) is 11.6 Å². The van der Waals surface area contributed by atoms with Crippen LogP contribution < -0.4 is 5.32 Å². The largest absolute Gasteiger partial charge is 0.310 e. The lowest BCUT2D eigenvalue weighted by atomic mass is 10.1. The quantitative estimate of drug-likeness (QED) is 0.894. The number of benzene rings is 1. The summed E-state index contributed by atoms with van der Waals surface area (Å²) in [6, 6.07) is 7.41. The first kappa shape index (κ1) is 13.6. The minimum absolute atomic E-state index is 0.0914. The minimum atomic E-state index is -0.513. The van der Waals surface area contributed by atoms with Crippen LogP contribution in [-0.4, -0.2) is 11.5 Å². The highest BCUT2D eigenvalue weighted by molar-refractivity contribution is 5.22. The van der Waals surface area contributed by atoms with E-state index >= 15 is 0 Å². The first-order valence-corrected chi connectivity index (χ1v) is 6.24. The topological polar surface area (TPSA) is 24.9 Å². The summed E-state index contributed by atoms with van der Waals surface area (Å²) in [5.74, 6) is -1.03. The van der Waals surface area contributed by atoms with Gasteiger partial charge in [-0.2, -0.15) is 0 Å². The van der Waals surface area contributed by atoms with Crippen LogP contribution in [0.4, 0.5) is 8.78 Å². The average molecular weight is 262 g/mol. The fourth-order valence-corrected chi connectivity index (χ4v) is 2.01. The van der Waals surface area contributed by atoms with Crippen molar-refractivity contribution in [1.29, 1.82) is 0 Å². The molecule has 1 N–H and O–H groups in total. The Morgan fingerprint density at radius 1 is 1.16 bits per heavy atom. The molecule has 4 heteroatoms. The Bertz CT molecular complexity index is 509. The molecule has 0 aliphatic rings. The fraction of sp³-hybridized carbons (Fsp3) is 0.267. The zero-order chi connectivity index (χ0) is 13.7. The highest BCUT2D eigenvalue weighted by atomic mass is 19.1. The number of nitrogens with zero attached hydrogens (tertiary/aromatic N) is 1. The van der Waals surface area contributed by atoms with Gasteiger partial charge < -0.3 is 5.32 Å². The second-order valence-corrected chi connectivity index (χ2v) is 4.42. The van der Waals surface area contributed by atoms with E-state index < -0.39 is 11.6 Å². The molecule has 1 atom stereocenters. The van der Waals surface area contributed by atoms with Gasteiger partial charge in [-0.25, -0.2) is 8.78 Å². The van der Waals surface area contributed by atoms with Gasteiger partial charge in [0.2, 0.25) is 0 Å². The Morgan fingerprint density at radius 2 is 1.89 bits per heavy atom. The Hall–Kier alpha value is -1.81. The summed E-state index contributed by atoms with van der Waals surface area (Å²) < 4.78 is 27.1. The summed E-state index contributed by atoms with van der Waals surface area (Å²) in [5, 5.41) is 3.12. The molecule has 100 valence electrons. The van der Waals surface area contributed by atoms with Crippen molar-refractivity contribution < 1.29 is 8.78 Å². The van der Waals surface area contributed by atoms with Crippen molar-refractivity contribution in [2.75, 3.05) is 6.54 Å². The van der Waals surface area contributed by atoms with E-state index in [1.165, 1.54) is 18.2 Å². The number of hydrogen-bond acceptors (Lipinski definition) is 2. The fourth-order valence-electron chi connectivity index (χ4n) is 2.01. The van der Waals surface area contributed by atoms with E-state index in [1.807, 2.05) is 12.1 Å². The molecule has 0 bridgehead atoms. The number of pyridine rings is 1. The Kier molecular flexibility index (Phi) is 4.58. The smallest absolute Gasteiger partial charge is 0.130 e. The number of rotatable bonds is 5. The van der Waals surface area contributed by atoms with E-state index in [-0.39, 0.29) is 11.6 Å². The third-order valence-corrected chi connectivity index (χ3v) is 3.02. The van der Waals surface area contributed by atoms with Crippen LogP contribution in [0.25, 0.3) is 0 Å². The molecular weight excluding hydrogens is 246 g/mol. The van der Waals surface area contributed by atoms with Gasteiger partial charge in [-0.05, 0) is 43.7 Å². The second kappa shape index (κ2) is 6.38. The highest BCUT2D eigenvalue weighted by Crippen LogP contribution is 2.20. The van der Waals surface area contributed by atoms with Crippen molar-refractivity contribution in [2.24, 2.45) is 0 Å². The Labute approximate surface area is 111 Å². The summed E-state index contributed by atoms with van der Waals surface area (Å²) in [4.78, 5) is 4.02. The molecule has 2 rings (SSSR count). The van der Waals surface area contributed by atoms with Crippen LogP contribution in [0.2, 0.25) is 0 Å². The molecule has 2 nitrogen and oxygen atoms in total. The molecule has 0 aliphatic heterocycles. The molecule has 1 aromatic heterocycles. The number of nitrogens with one attached hydrogen (secondary N) is 1. The average Bonchev–Trinajstić information content (AvgIpc) is 2.40. The first-order chi connectivity index (χ1) is 9.18. The van der Waals surface area contributed by atoms with Gasteiger partial charge in [-0.1, -0.05) is 12.1 Å². The first-order valence-electron chi connectivity index (χ1n) is 6.24. The predicted octanol–water partition coefficient (Wildman–Crippen LogP) is 3.25. The van der Waals surface area contributed by atoms with Gasteiger partial charge in [-0.3, -0.25) is 4.98 Å². The summed E-state index contributed by atoms with van der Waals surface area (Å²) in [5.41, 5.74) is 1.19. The van der Waals surface area contributed by atoms with Gasteiger partial charge in [0.25, 0.3) is 0 Å². The minimum Gasteiger partial charge on any atom is -0.310 e. The molecule has 2 aromatic rings. The van der Waals surface area contributed by atoms with E-state index in [0.29, 0.717) is 6.54 Å². The van der Waals surface area contributed by atoms with Crippen molar-refractivity contribution in [1.82, 2.24) is 10.3 Å². The van der Waals surface area contributed by atoms with E-state index in [4.69, 9.17) is 0 Å². The van der Waals surface area contributed by atoms with Gasteiger partial charge in [0.15, 0.2) is 0 Å². The lowest BCUT2D eigenvalue weighted by Crippen LogP contribution is -2.23. The van der Waals surface area contributed by atoms with Gasteiger partial charge in [0.05, 0.1) is 0 Å². The highest BCUT2D eigenvalue weighted by Gasteiger charge is 2.14. The van der Waals surface area contributed by atoms with Crippen LogP contribution in [0, 0.1) is 11.6 Å². The maximum atomic E-state index is 13.6. The number of aromatic nitrogens is 1. The molecule has 0 radical (unpaired) electrons. The van der Waals surface area contributed by atoms with Gasteiger partial charge >= 0.3 is 0 Å². The maximum Gasteiger partial charge on any atom is 0.130 e. The van der Waals surface area contributed by atoms with Crippen LogP contribution in [0.15, 0.2) is 42.7 Å². The van der Waals surface area contributed by atoms with Crippen molar-refractivity contribution in [3.05, 3.63) is 65.5 Å². The molecule has 0 amide bonds. The SMILES string of the molecule is CC(NCCc1cccnc1)c1c(F)cccc1F. The standard InChI is InChI=1S/C15H16F2N2/c1-11(15-13(16)5-2-6-14(15)17)19-9-7-12-4-3-8-18-10-12/h2-6,8,10-11,19H,7,9H2,1H3. The van der Waals surface area contributed by atoms with E-state index in [9.17, 15) is 8.78 Å². The summed E-state index contributed by atoms with van der Waals surface area (Å²) in [7, 11) is 0. The lowest BCUT2D eigenvalue weighted by Gasteiger charge is -2.15. The van der Waals surface area contributed by atoms with Crippen molar-refractivity contribution in [3.8, 4) is 0 Å². The lowest BCUT2D eigenvalue weighted by molar-refractivity contribution is 0.490. The van der Waals surface area contributed by atoms with Gasteiger partial charge in [-0.15, -0.1) is 0 Å². The van der Waals surface area contributed by atoms with Crippen LogP contribution in [0.5, 0.6) is 0 Å². The Balaban J connectivity index is 1.93. The molecule has 19 heavy (non-hydrogen) atoms. The van der Waals surface area contributed by atoms with Crippen LogP contribution in [0.3, 0.4) is 0 Å². The molecular formula is C15H16F2N2. The van der Waals surface area contributed by atoms with E-state index in [2.05, 4.69) is 10.3 Å². The third kappa shape index (κ3) is 3.58. The van der Waals surface area contributed by atoms with Crippen LogP contribution in [-0.2, 0) is 6.42 Å². The maximum absolute atomic E-state index is 13.6. The summed E-state index contributed by atoms with van der Waals surface area (Å²) in [6.45, 7) is 2.39. The third-order valence-electron chi connectivity index (χ3n) is 3.02. The predicted molar refractivity (Wildman–Crippen MR) is 70.7 cm³/mol. The molecule has 1 heterocycles. The zero-order valence-electron chi connectivity index (χ0n) is 10.7. The Morgan fingerprint density at radius 3 is 2.53 bits per heavy atom. The van der Waals surface area contributed by atoms with Crippen molar-refractivity contribution in [2.45, 2.75) is 19.4 Å². The molecule has 0 fully saturated rings. The molecule has 0 aliphatic carbocycles. The summed E-state index contributed by atoms with van der Waals surface area (Å²) >= 11 is 0. The van der Waals surface area contributed by atoms with E-state index in [0.717, 1.165) is 12.0 Å². The number of halogens is 2. The van der Waals surface area contributed by atoms with Crippen molar-refractivity contribution >= 4 is 0 Å².